The number of amides is 1. The molecule has 0 aromatic heterocycles. The first-order valence-corrected chi connectivity index (χ1v) is 8.66. The molecule has 0 radical (unpaired) electrons. The molecule has 110 valence electrons. The van der Waals surface area contributed by atoms with Crippen LogP contribution in [0.5, 0.6) is 0 Å². The molecule has 1 atom stereocenters. The number of likely N-dealkylation sites (tertiary alicyclic amines) is 1. The lowest BCUT2D eigenvalue weighted by Gasteiger charge is -2.28. The lowest BCUT2D eigenvalue weighted by Crippen LogP contribution is -2.48. The molecule has 2 aliphatic heterocycles. The molecule has 2 rings (SSSR count). The topological polar surface area (TPSA) is 69.7 Å². The summed E-state index contributed by atoms with van der Waals surface area (Å²) in [5, 5.41) is 2.27. The summed E-state index contributed by atoms with van der Waals surface area (Å²) in [5.41, 5.74) is 0. The van der Waals surface area contributed by atoms with Crippen LogP contribution in [0.1, 0.15) is 19.8 Å². The van der Waals surface area contributed by atoms with E-state index in [1.54, 1.807) is 4.90 Å². The quantitative estimate of drug-likeness (QED) is 0.739. The largest absolute Gasteiger partial charge is 0.342 e. The third kappa shape index (κ3) is 3.67. The maximum atomic E-state index is 12.3. The minimum absolute atomic E-state index is 0.00454. The molecule has 0 bridgehead atoms. The highest BCUT2D eigenvalue weighted by atomic mass is 32.2. The van der Waals surface area contributed by atoms with Crippen LogP contribution in [-0.4, -0.2) is 74.5 Å². The van der Waals surface area contributed by atoms with Gasteiger partial charge in [0.15, 0.2) is 9.84 Å². The van der Waals surface area contributed by atoms with Crippen LogP contribution in [0.25, 0.3) is 0 Å². The van der Waals surface area contributed by atoms with Crippen molar-refractivity contribution < 1.29 is 13.2 Å². The number of piperazine rings is 1. The van der Waals surface area contributed by atoms with Gasteiger partial charge < -0.3 is 10.2 Å². The molecule has 0 aromatic carbocycles. The van der Waals surface area contributed by atoms with E-state index in [2.05, 4.69) is 5.32 Å². The first-order valence-electron chi connectivity index (χ1n) is 6.94. The Balaban J connectivity index is 1.95. The Labute approximate surface area is 115 Å². The average Bonchev–Trinajstić information content (AvgIpc) is 2.91. The van der Waals surface area contributed by atoms with Gasteiger partial charge in [0.1, 0.15) is 11.1 Å². The summed E-state index contributed by atoms with van der Waals surface area (Å²) < 4.78 is 24.6. The lowest BCUT2D eigenvalue weighted by atomic mass is 10.4. The molecule has 0 aromatic rings. The van der Waals surface area contributed by atoms with Gasteiger partial charge in [0.05, 0.1) is 0 Å². The Hall–Kier alpha value is -0.660. The van der Waals surface area contributed by atoms with Crippen molar-refractivity contribution in [3.63, 3.8) is 0 Å². The number of hydrogen-bond donors (Lipinski definition) is 1. The van der Waals surface area contributed by atoms with Crippen molar-refractivity contribution in [2.24, 2.45) is 0 Å². The van der Waals surface area contributed by atoms with E-state index in [1.165, 1.54) is 6.92 Å². The van der Waals surface area contributed by atoms with E-state index >= 15 is 0 Å². The first-order chi connectivity index (χ1) is 9.00. The SMILES string of the molecule is CC(C(=O)N1CCCC1)S(=O)(=O)CN1CCNCC1. The van der Waals surface area contributed by atoms with E-state index in [9.17, 15) is 13.2 Å². The number of rotatable bonds is 4. The fourth-order valence-electron chi connectivity index (χ4n) is 2.55. The van der Waals surface area contributed by atoms with E-state index in [1.807, 2.05) is 4.90 Å². The second-order valence-corrected chi connectivity index (χ2v) is 7.63. The van der Waals surface area contributed by atoms with Crippen LogP contribution in [0.3, 0.4) is 0 Å². The van der Waals surface area contributed by atoms with Crippen LogP contribution in [0.15, 0.2) is 0 Å². The molecule has 2 saturated heterocycles. The molecule has 6 nitrogen and oxygen atoms in total. The normalized spacial score (nSPS) is 23.5. The summed E-state index contributed by atoms with van der Waals surface area (Å²) in [7, 11) is -3.39. The number of nitrogens with zero attached hydrogens (tertiary/aromatic N) is 2. The summed E-state index contributed by atoms with van der Waals surface area (Å²) in [6, 6.07) is 0. The molecule has 2 fully saturated rings. The number of nitrogens with one attached hydrogen (secondary N) is 1. The molecule has 1 N–H and O–H groups in total. The zero-order valence-corrected chi connectivity index (χ0v) is 12.3. The maximum absolute atomic E-state index is 12.3. The molecule has 0 aliphatic carbocycles. The second kappa shape index (κ2) is 6.19. The highest BCUT2D eigenvalue weighted by Gasteiger charge is 2.34. The predicted molar refractivity (Wildman–Crippen MR) is 73.5 cm³/mol. The van der Waals surface area contributed by atoms with E-state index in [4.69, 9.17) is 0 Å². The van der Waals surface area contributed by atoms with Crippen molar-refractivity contribution in [3.8, 4) is 0 Å². The van der Waals surface area contributed by atoms with Crippen LogP contribution in [0.2, 0.25) is 0 Å². The van der Waals surface area contributed by atoms with Crippen LogP contribution < -0.4 is 5.32 Å². The first kappa shape index (κ1) is 14.7. The van der Waals surface area contributed by atoms with Gasteiger partial charge in [-0.1, -0.05) is 0 Å². The molecular weight excluding hydrogens is 266 g/mol. The van der Waals surface area contributed by atoms with Gasteiger partial charge in [0.2, 0.25) is 5.91 Å². The molecule has 1 amide bonds. The van der Waals surface area contributed by atoms with Gasteiger partial charge in [0.25, 0.3) is 0 Å². The van der Waals surface area contributed by atoms with Gasteiger partial charge in [-0.05, 0) is 19.8 Å². The molecule has 2 aliphatic rings. The predicted octanol–water partition coefficient (Wildman–Crippen LogP) is -0.725. The molecule has 7 heteroatoms. The number of carbonyl (C=O) groups excluding carboxylic acids is 1. The fourth-order valence-corrected chi connectivity index (χ4v) is 4.00. The van der Waals surface area contributed by atoms with Gasteiger partial charge in [-0.3, -0.25) is 9.69 Å². The van der Waals surface area contributed by atoms with E-state index in [-0.39, 0.29) is 11.8 Å². The number of hydrogen-bond acceptors (Lipinski definition) is 5. The highest BCUT2D eigenvalue weighted by molar-refractivity contribution is 7.92. The average molecular weight is 289 g/mol. The van der Waals surface area contributed by atoms with Crippen LogP contribution in [0.4, 0.5) is 0 Å². The van der Waals surface area contributed by atoms with Gasteiger partial charge >= 0.3 is 0 Å². The van der Waals surface area contributed by atoms with Crippen LogP contribution >= 0.6 is 0 Å². The van der Waals surface area contributed by atoms with E-state index in [0.717, 1.165) is 39.0 Å². The Morgan fingerprint density at radius 3 is 2.32 bits per heavy atom. The summed E-state index contributed by atoms with van der Waals surface area (Å²) in [6.07, 6.45) is 1.96. The summed E-state index contributed by atoms with van der Waals surface area (Å²) in [5.74, 6) is -0.234. The lowest BCUT2D eigenvalue weighted by molar-refractivity contribution is -0.129. The van der Waals surface area contributed by atoms with Gasteiger partial charge in [-0.2, -0.15) is 0 Å². The summed E-state index contributed by atoms with van der Waals surface area (Å²) in [6.45, 7) is 6.00. The highest BCUT2D eigenvalue weighted by Crippen LogP contribution is 2.14. The monoisotopic (exact) mass is 289 g/mol. The Morgan fingerprint density at radius 1 is 1.16 bits per heavy atom. The van der Waals surface area contributed by atoms with Crippen molar-refractivity contribution in [3.05, 3.63) is 0 Å². The van der Waals surface area contributed by atoms with Crippen molar-refractivity contribution in [1.29, 1.82) is 0 Å². The van der Waals surface area contributed by atoms with E-state index < -0.39 is 15.1 Å². The smallest absolute Gasteiger partial charge is 0.240 e. The van der Waals surface area contributed by atoms with Gasteiger partial charge in [-0.25, -0.2) is 8.42 Å². The van der Waals surface area contributed by atoms with Crippen molar-refractivity contribution in [1.82, 2.24) is 15.1 Å². The van der Waals surface area contributed by atoms with Gasteiger partial charge in [0, 0.05) is 39.3 Å². The zero-order valence-electron chi connectivity index (χ0n) is 11.5. The Morgan fingerprint density at radius 2 is 1.74 bits per heavy atom. The zero-order chi connectivity index (χ0) is 13.9. The molecule has 0 spiro atoms. The van der Waals surface area contributed by atoms with Crippen molar-refractivity contribution in [2.45, 2.75) is 25.0 Å². The van der Waals surface area contributed by atoms with Crippen LogP contribution in [0, 0.1) is 0 Å². The standard InChI is InChI=1S/C12H23N3O3S/c1-11(12(16)15-6-2-3-7-15)19(17,18)10-14-8-4-13-5-9-14/h11,13H,2-10H2,1H3. The maximum Gasteiger partial charge on any atom is 0.240 e. The molecule has 2 heterocycles. The minimum atomic E-state index is -3.39. The Bertz CT molecular complexity index is 412. The van der Waals surface area contributed by atoms with Crippen molar-refractivity contribution in [2.75, 3.05) is 45.1 Å². The third-order valence-corrected chi connectivity index (χ3v) is 5.88. The van der Waals surface area contributed by atoms with Gasteiger partial charge in [-0.15, -0.1) is 0 Å². The molecular formula is C12H23N3O3S. The minimum Gasteiger partial charge on any atom is -0.342 e. The number of carbonyl (C=O) groups is 1. The van der Waals surface area contributed by atoms with Crippen molar-refractivity contribution >= 4 is 15.7 Å². The van der Waals surface area contributed by atoms with Crippen LogP contribution in [-0.2, 0) is 14.6 Å². The number of sulfone groups is 1. The molecule has 0 saturated carbocycles. The molecule has 1 unspecified atom stereocenters. The van der Waals surface area contributed by atoms with E-state index in [0.29, 0.717) is 13.1 Å². The molecule has 19 heavy (non-hydrogen) atoms. The third-order valence-electron chi connectivity index (χ3n) is 3.88. The summed E-state index contributed by atoms with van der Waals surface area (Å²) in [4.78, 5) is 15.7. The fraction of sp³-hybridized carbons (Fsp3) is 0.917. The second-order valence-electron chi connectivity index (χ2n) is 5.33. The Kier molecular flexibility index (Phi) is 4.81. The summed E-state index contributed by atoms with van der Waals surface area (Å²) >= 11 is 0.